The third-order valence-corrected chi connectivity index (χ3v) is 5.58. The van der Waals surface area contributed by atoms with E-state index in [1.807, 2.05) is 0 Å². The monoisotopic (exact) mass is 350 g/mol. The van der Waals surface area contributed by atoms with Gasteiger partial charge in [0.05, 0.1) is 0 Å². The van der Waals surface area contributed by atoms with Crippen molar-refractivity contribution in [1.82, 2.24) is 10.2 Å². The first kappa shape index (κ1) is 19.3. The minimum atomic E-state index is 0. The van der Waals surface area contributed by atoms with E-state index in [1.165, 1.54) is 31.2 Å². The third kappa shape index (κ3) is 5.22. The highest BCUT2D eigenvalue weighted by Gasteiger charge is 2.30. The van der Waals surface area contributed by atoms with E-state index in [0.29, 0.717) is 11.9 Å². The van der Waals surface area contributed by atoms with Crippen LogP contribution in [0, 0.1) is 11.8 Å². The van der Waals surface area contributed by atoms with Crippen LogP contribution in [0.2, 0.25) is 0 Å². The zero-order valence-corrected chi connectivity index (χ0v) is 15.6. The van der Waals surface area contributed by atoms with E-state index in [1.54, 1.807) is 0 Å². The lowest BCUT2D eigenvalue weighted by atomic mass is 9.88. The predicted octanol–water partition coefficient (Wildman–Crippen LogP) is 3.67. The van der Waals surface area contributed by atoms with Gasteiger partial charge in [0.1, 0.15) is 0 Å². The van der Waals surface area contributed by atoms with Crippen molar-refractivity contribution in [2.45, 2.75) is 51.5 Å². The van der Waals surface area contributed by atoms with Gasteiger partial charge >= 0.3 is 0 Å². The number of hydrogen-bond acceptors (Lipinski definition) is 2. The summed E-state index contributed by atoms with van der Waals surface area (Å²) in [5.41, 5.74) is 1.44. The number of piperidine rings is 2. The second kappa shape index (κ2) is 9.43. The van der Waals surface area contributed by atoms with Crippen molar-refractivity contribution in [3.8, 4) is 0 Å². The number of carbonyl (C=O) groups excluding carboxylic acids is 1. The van der Waals surface area contributed by atoms with E-state index in [2.05, 4.69) is 47.5 Å². The maximum Gasteiger partial charge on any atom is 0.225 e. The smallest absolute Gasteiger partial charge is 0.225 e. The molecule has 1 amide bonds. The topological polar surface area (TPSA) is 32.3 Å². The van der Waals surface area contributed by atoms with Crippen LogP contribution in [-0.2, 0) is 11.2 Å². The van der Waals surface area contributed by atoms with Gasteiger partial charge in [0.2, 0.25) is 5.91 Å². The van der Waals surface area contributed by atoms with Crippen LogP contribution in [0.25, 0.3) is 0 Å². The maximum atomic E-state index is 12.7. The Morgan fingerprint density at radius 2 is 1.88 bits per heavy atom. The van der Waals surface area contributed by atoms with Crippen molar-refractivity contribution in [2.75, 3.05) is 19.6 Å². The Morgan fingerprint density at radius 3 is 2.54 bits per heavy atom. The number of amides is 1. The van der Waals surface area contributed by atoms with E-state index in [0.717, 1.165) is 38.4 Å². The van der Waals surface area contributed by atoms with Gasteiger partial charge in [0, 0.05) is 25.0 Å². The molecule has 0 aliphatic carbocycles. The van der Waals surface area contributed by atoms with Crippen molar-refractivity contribution >= 4 is 18.3 Å². The van der Waals surface area contributed by atoms with Gasteiger partial charge in [-0.15, -0.1) is 12.4 Å². The van der Waals surface area contributed by atoms with E-state index >= 15 is 0 Å². The van der Waals surface area contributed by atoms with Gasteiger partial charge < -0.3 is 10.2 Å². The highest BCUT2D eigenvalue weighted by Crippen LogP contribution is 2.26. The number of likely N-dealkylation sites (tertiary alicyclic amines) is 1. The van der Waals surface area contributed by atoms with E-state index in [4.69, 9.17) is 0 Å². The summed E-state index contributed by atoms with van der Waals surface area (Å²) in [4.78, 5) is 14.8. The molecule has 2 saturated heterocycles. The molecular weight excluding hydrogens is 320 g/mol. The molecule has 0 radical (unpaired) electrons. The van der Waals surface area contributed by atoms with Crippen molar-refractivity contribution in [1.29, 1.82) is 0 Å². The standard InChI is InChI=1S/C20H30N2O.ClH/c1-16-15-19(9-12-21-16)20(23)22-13-10-18(11-14-22)8-7-17-5-3-2-4-6-17;/h2-6,16,18-19,21H,7-15H2,1H3;1H/t16-,19-;/m0./s1. The summed E-state index contributed by atoms with van der Waals surface area (Å²) in [6.45, 7) is 5.12. The summed E-state index contributed by atoms with van der Waals surface area (Å²) in [5, 5.41) is 3.44. The molecule has 2 heterocycles. The summed E-state index contributed by atoms with van der Waals surface area (Å²) < 4.78 is 0. The Balaban J connectivity index is 0.00000208. The molecule has 1 N–H and O–H groups in total. The third-order valence-electron chi connectivity index (χ3n) is 5.58. The normalized spacial score (nSPS) is 25.1. The molecule has 24 heavy (non-hydrogen) atoms. The Kier molecular flexibility index (Phi) is 7.57. The maximum absolute atomic E-state index is 12.7. The van der Waals surface area contributed by atoms with Gasteiger partial charge in [0.15, 0.2) is 0 Å². The number of carbonyl (C=O) groups is 1. The Labute approximate surface area is 152 Å². The molecule has 134 valence electrons. The summed E-state index contributed by atoms with van der Waals surface area (Å²) in [7, 11) is 0. The molecule has 2 aliphatic rings. The number of hydrogen-bond donors (Lipinski definition) is 1. The van der Waals surface area contributed by atoms with Crippen LogP contribution in [0.5, 0.6) is 0 Å². The van der Waals surface area contributed by atoms with Gasteiger partial charge in [-0.1, -0.05) is 30.3 Å². The van der Waals surface area contributed by atoms with Crippen LogP contribution in [-0.4, -0.2) is 36.5 Å². The SMILES string of the molecule is C[C@H]1C[C@@H](C(=O)N2CCC(CCc3ccccc3)CC2)CCN1.Cl. The predicted molar refractivity (Wildman–Crippen MR) is 102 cm³/mol. The molecule has 0 aromatic heterocycles. The molecular formula is C20H31ClN2O. The van der Waals surface area contributed by atoms with Gasteiger partial charge in [-0.05, 0) is 63.5 Å². The number of benzene rings is 1. The molecule has 0 unspecified atom stereocenters. The molecule has 4 heteroatoms. The second-order valence-electron chi connectivity index (χ2n) is 7.37. The van der Waals surface area contributed by atoms with Gasteiger partial charge in [0.25, 0.3) is 0 Å². The van der Waals surface area contributed by atoms with Crippen LogP contribution < -0.4 is 5.32 Å². The molecule has 3 rings (SSSR count). The average molecular weight is 351 g/mol. The van der Waals surface area contributed by atoms with Crippen molar-refractivity contribution in [2.24, 2.45) is 11.8 Å². The van der Waals surface area contributed by atoms with Crippen LogP contribution in [0.3, 0.4) is 0 Å². The fraction of sp³-hybridized carbons (Fsp3) is 0.650. The molecule has 2 atom stereocenters. The van der Waals surface area contributed by atoms with Crippen molar-refractivity contribution < 1.29 is 4.79 Å². The molecule has 1 aromatic rings. The molecule has 0 spiro atoms. The lowest BCUT2D eigenvalue weighted by Crippen LogP contribution is -2.46. The summed E-state index contributed by atoms with van der Waals surface area (Å²) in [6.07, 6.45) is 6.81. The summed E-state index contributed by atoms with van der Waals surface area (Å²) in [5.74, 6) is 1.46. The average Bonchev–Trinajstić information content (AvgIpc) is 2.61. The Bertz CT molecular complexity index is 500. The molecule has 0 saturated carbocycles. The molecule has 1 aromatic carbocycles. The zero-order chi connectivity index (χ0) is 16.1. The Morgan fingerprint density at radius 1 is 1.17 bits per heavy atom. The number of halogens is 1. The first-order valence-corrected chi connectivity index (χ1v) is 9.28. The van der Waals surface area contributed by atoms with E-state index in [-0.39, 0.29) is 18.3 Å². The fourth-order valence-electron chi connectivity index (χ4n) is 4.07. The zero-order valence-electron chi connectivity index (χ0n) is 14.7. The first-order chi connectivity index (χ1) is 11.2. The molecule has 3 nitrogen and oxygen atoms in total. The van der Waals surface area contributed by atoms with Crippen LogP contribution in [0.15, 0.2) is 30.3 Å². The van der Waals surface area contributed by atoms with Crippen LogP contribution in [0.4, 0.5) is 0 Å². The minimum absolute atomic E-state index is 0. The highest BCUT2D eigenvalue weighted by atomic mass is 35.5. The van der Waals surface area contributed by atoms with Gasteiger partial charge in [-0.2, -0.15) is 0 Å². The quantitative estimate of drug-likeness (QED) is 0.898. The Hall–Kier alpha value is -1.06. The van der Waals surface area contributed by atoms with Crippen molar-refractivity contribution in [3.05, 3.63) is 35.9 Å². The summed E-state index contributed by atoms with van der Waals surface area (Å²) >= 11 is 0. The first-order valence-electron chi connectivity index (χ1n) is 9.28. The fourth-order valence-corrected chi connectivity index (χ4v) is 4.07. The second-order valence-corrected chi connectivity index (χ2v) is 7.37. The number of aryl methyl sites for hydroxylation is 1. The number of nitrogens with one attached hydrogen (secondary N) is 1. The van der Waals surface area contributed by atoms with Crippen molar-refractivity contribution in [3.63, 3.8) is 0 Å². The molecule has 0 bridgehead atoms. The summed E-state index contributed by atoms with van der Waals surface area (Å²) in [6, 6.07) is 11.2. The number of rotatable bonds is 4. The van der Waals surface area contributed by atoms with Gasteiger partial charge in [-0.25, -0.2) is 0 Å². The van der Waals surface area contributed by atoms with Crippen LogP contribution in [0.1, 0.15) is 44.6 Å². The van der Waals surface area contributed by atoms with E-state index in [9.17, 15) is 4.79 Å². The largest absolute Gasteiger partial charge is 0.342 e. The number of nitrogens with zero attached hydrogens (tertiary/aromatic N) is 1. The van der Waals surface area contributed by atoms with Crippen LogP contribution >= 0.6 is 12.4 Å². The highest BCUT2D eigenvalue weighted by molar-refractivity contribution is 5.85. The molecule has 2 fully saturated rings. The minimum Gasteiger partial charge on any atom is -0.342 e. The van der Waals surface area contributed by atoms with Gasteiger partial charge in [-0.3, -0.25) is 4.79 Å². The molecule has 2 aliphatic heterocycles. The van der Waals surface area contributed by atoms with E-state index < -0.39 is 0 Å². The lowest BCUT2D eigenvalue weighted by Gasteiger charge is -2.36. The lowest BCUT2D eigenvalue weighted by molar-refractivity contribution is -0.138.